The first-order valence-electron chi connectivity index (χ1n) is 16.5. The van der Waals surface area contributed by atoms with Gasteiger partial charge in [0.1, 0.15) is 0 Å². The number of hydrogen-bond donors (Lipinski definition) is 0. The maximum atomic E-state index is 9.92. The fourth-order valence-electron chi connectivity index (χ4n) is 7.95. The molecule has 10 aromatic rings. The summed E-state index contributed by atoms with van der Waals surface area (Å²) in [6.07, 6.45) is 1.85. The van der Waals surface area contributed by atoms with Crippen molar-refractivity contribution in [2.45, 2.75) is 0 Å². The Morgan fingerprint density at radius 3 is 1.82 bits per heavy atom. The van der Waals surface area contributed by atoms with Crippen molar-refractivity contribution in [3.63, 3.8) is 0 Å². The number of benzene rings is 8. The fourth-order valence-corrected chi connectivity index (χ4v) is 7.95. The summed E-state index contributed by atoms with van der Waals surface area (Å²) in [5.41, 5.74) is 9.57. The van der Waals surface area contributed by atoms with Gasteiger partial charge in [-0.2, -0.15) is 5.26 Å². The number of pyridine rings is 1. The van der Waals surface area contributed by atoms with Crippen molar-refractivity contribution in [1.29, 1.82) is 5.26 Å². The molecule has 0 bridgehead atoms. The number of aromatic nitrogens is 2. The summed E-state index contributed by atoms with van der Waals surface area (Å²) < 4.78 is 2.30. The highest BCUT2D eigenvalue weighted by molar-refractivity contribution is 6.24. The minimum atomic E-state index is 0.642. The molecule has 3 heteroatoms. The van der Waals surface area contributed by atoms with Gasteiger partial charge in [-0.15, -0.1) is 0 Å². The van der Waals surface area contributed by atoms with Crippen LogP contribution in [0.25, 0.3) is 93.0 Å². The van der Waals surface area contributed by atoms with Crippen LogP contribution in [0.5, 0.6) is 0 Å². The van der Waals surface area contributed by atoms with Crippen molar-refractivity contribution >= 4 is 65.0 Å². The third kappa shape index (κ3) is 4.05. The lowest BCUT2D eigenvalue weighted by Gasteiger charge is -2.19. The first-order chi connectivity index (χ1) is 24.3. The van der Waals surface area contributed by atoms with E-state index in [0.29, 0.717) is 5.56 Å². The minimum absolute atomic E-state index is 0.642. The normalized spacial score (nSPS) is 11.7. The number of nitriles is 1. The van der Waals surface area contributed by atoms with Gasteiger partial charge in [0.25, 0.3) is 0 Å². The molecule has 0 aliphatic heterocycles. The first-order valence-corrected chi connectivity index (χ1v) is 16.5. The van der Waals surface area contributed by atoms with Crippen LogP contribution < -0.4 is 0 Å². The van der Waals surface area contributed by atoms with E-state index in [2.05, 4.69) is 150 Å². The molecule has 0 unspecified atom stereocenters. The van der Waals surface area contributed by atoms with Gasteiger partial charge in [0.15, 0.2) is 0 Å². The SMILES string of the molecule is N#Cc1ccc2c(c1)c1cc(-c3c4ccccc4c(-c4cccc5ccccc45)c4ccccc34)ccc1n2-c1cccc2cccnc12. The second-order valence-corrected chi connectivity index (χ2v) is 12.6. The predicted octanol–water partition coefficient (Wildman–Crippen LogP) is 12.0. The van der Waals surface area contributed by atoms with E-state index in [9.17, 15) is 5.26 Å². The lowest BCUT2D eigenvalue weighted by atomic mass is 9.84. The lowest BCUT2D eigenvalue weighted by molar-refractivity contribution is 1.18. The molecule has 10 rings (SSSR count). The summed E-state index contributed by atoms with van der Waals surface area (Å²) >= 11 is 0. The topological polar surface area (TPSA) is 41.6 Å². The quantitative estimate of drug-likeness (QED) is 0.184. The number of para-hydroxylation sites is 1. The zero-order valence-corrected chi connectivity index (χ0v) is 26.4. The largest absolute Gasteiger partial charge is 0.307 e. The molecule has 0 spiro atoms. The third-order valence-electron chi connectivity index (χ3n) is 10.0. The molecule has 226 valence electrons. The van der Waals surface area contributed by atoms with Gasteiger partial charge in [-0.1, -0.05) is 115 Å². The molecule has 0 aliphatic carbocycles. The van der Waals surface area contributed by atoms with Crippen LogP contribution in [0.4, 0.5) is 0 Å². The van der Waals surface area contributed by atoms with E-state index in [-0.39, 0.29) is 0 Å². The predicted molar refractivity (Wildman–Crippen MR) is 204 cm³/mol. The molecule has 0 saturated heterocycles. The number of hydrogen-bond acceptors (Lipinski definition) is 2. The molecule has 8 aromatic carbocycles. The van der Waals surface area contributed by atoms with Crippen LogP contribution in [0, 0.1) is 11.3 Å². The van der Waals surface area contributed by atoms with Crippen LogP contribution in [0.15, 0.2) is 164 Å². The van der Waals surface area contributed by atoms with Crippen LogP contribution in [0.2, 0.25) is 0 Å². The first kappa shape index (κ1) is 27.4. The van der Waals surface area contributed by atoms with E-state index in [1.165, 1.54) is 49.0 Å². The zero-order valence-electron chi connectivity index (χ0n) is 26.4. The van der Waals surface area contributed by atoms with Crippen molar-refractivity contribution in [3.8, 4) is 34.0 Å². The van der Waals surface area contributed by atoms with E-state index in [4.69, 9.17) is 4.98 Å². The van der Waals surface area contributed by atoms with Crippen LogP contribution in [0.1, 0.15) is 5.56 Å². The second kappa shape index (κ2) is 10.6. The number of rotatable bonds is 3. The highest BCUT2D eigenvalue weighted by Gasteiger charge is 2.20. The summed E-state index contributed by atoms with van der Waals surface area (Å²) in [4.78, 5) is 4.80. The van der Waals surface area contributed by atoms with Gasteiger partial charge in [-0.25, -0.2) is 0 Å². The Morgan fingerprint density at radius 1 is 0.469 bits per heavy atom. The van der Waals surface area contributed by atoms with Gasteiger partial charge in [-0.05, 0) is 97.0 Å². The molecular weight excluding hydrogens is 595 g/mol. The molecule has 0 saturated carbocycles. The molecule has 0 amide bonds. The van der Waals surface area contributed by atoms with Gasteiger partial charge in [0, 0.05) is 22.4 Å². The van der Waals surface area contributed by atoms with Crippen LogP contribution in [-0.2, 0) is 0 Å². The average molecular weight is 622 g/mol. The molecule has 0 aliphatic rings. The Bertz CT molecular complexity index is 2950. The monoisotopic (exact) mass is 621 g/mol. The Balaban J connectivity index is 1.31. The molecule has 0 radical (unpaired) electrons. The van der Waals surface area contributed by atoms with Crippen LogP contribution in [0.3, 0.4) is 0 Å². The molecule has 49 heavy (non-hydrogen) atoms. The molecule has 3 nitrogen and oxygen atoms in total. The summed E-state index contributed by atoms with van der Waals surface area (Å²) in [7, 11) is 0. The van der Waals surface area contributed by atoms with Crippen molar-refractivity contribution in [1.82, 2.24) is 9.55 Å². The summed E-state index contributed by atoms with van der Waals surface area (Å²) in [5.74, 6) is 0. The summed E-state index contributed by atoms with van der Waals surface area (Å²) in [6.45, 7) is 0. The molecular formula is C46H27N3. The standard InChI is InChI=1S/C46H27N3/c47-28-29-21-23-41-39(26-29)40-27-32(22-24-42(40)49(41)43-20-8-12-31-13-9-25-48-46(31)43)44-35-15-3-5-17-37(35)45(38-18-6-4-16-36(38)44)34-19-7-11-30-10-1-2-14-33(30)34/h1-27H. The summed E-state index contributed by atoms with van der Waals surface area (Å²) in [5, 5.41) is 20.5. The molecule has 2 heterocycles. The van der Waals surface area contributed by atoms with Crippen LogP contribution in [-0.4, -0.2) is 9.55 Å². The van der Waals surface area contributed by atoms with Gasteiger partial charge in [-0.3, -0.25) is 4.98 Å². The Kier molecular flexibility index (Phi) is 5.94. The highest BCUT2D eigenvalue weighted by atomic mass is 15.0. The Labute approximate surface area is 282 Å². The van der Waals surface area contributed by atoms with Crippen molar-refractivity contribution < 1.29 is 0 Å². The molecule has 0 fully saturated rings. The second-order valence-electron chi connectivity index (χ2n) is 12.6. The summed E-state index contributed by atoms with van der Waals surface area (Å²) in [6, 6.07) is 58.5. The third-order valence-corrected chi connectivity index (χ3v) is 10.0. The van der Waals surface area contributed by atoms with Crippen molar-refractivity contribution in [2.24, 2.45) is 0 Å². The number of fused-ring (bicyclic) bond motifs is 7. The van der Waals surface area contributed by atoms with E-state index in [1.54, 1.807) is 0 Å². The van der Waals surface area contributed by atoms with Gasteiger partial charge >= 0.3 is 0 Å². The van der Waals surface area contributed by atoms with Gasteiger partial charge in [0.05, 0.1) is 33.9 Å². The Morgan fingerprint density at radius 2 is 1.06 bits per heavy atom. The minimum Gasteiger partial charge on any atom is -0.307 e. The smallest absolute Gasteiger partial charge is 0.0991 e. The lowest BCUT2D eigenvalue weighted by Crippen LogP contribution is -1.96. The van der Waals surface area contributed by atoms with E-state index in [1.807, 2.05) is 24.4 Å². The zero-order chi connectivity index (χ0) is 32.5. The van der Waals surface area contributed by atoms with E-state index in [0.717, 1.165) is 44.0 Å². The fraction of sp³-hybridized carbons (Fsp3) is 0. The maximum absolute atomic E-state index is 9.92. The van der Waals surface area contributed by atoms with Crippen LogP contribution >= 0.6 is 0 Å². The maximum Gasteiger partial charge on any atom is 0.0991 e. The van der Waals surface area contributed by atoms with E-state index < -0.39 is 0 Å². The highest BCUT2D eigenvalue weighted by Crippen LogP contribution is 2.46. The van der Waals surface area contributed by atoms with Gasteiger partial charge < -0.3 is 4.57 Å². The van der Waals surface area contributed by atoms with Crippen molar-refractivity contribution in [2.75, 3.05) is 0 Å². The molecule has 0 N–H and O–H groups in total. The number of nitrogens with zero attached hydrogens (tertiary/aromatic N) is 3. The average Bonchev–Trinajstić information content (AvgIpc) is 3.49. The molecule has 0 atom stereocenters. The molecule has 2 aromatic heterocycles. The Hall–Kier alpha value is -6.76. The van der Waals surface area contributed by atoms with Gasteiger partial charge in [0.2, 0.25) is 0 Å². The van der Waals surface area contributed by atoms with E-state index >= 15 is 0 Å². The van der Waals surface area contributed by atoms with Crippen molar-refractivity contribution in [3.05, 3.63) is 169 Å².